The van der Waals surface area contributed by atoms with Gasteiger partial charge >= 0.3 is 0 Å². The van der Waals surface area contributed by atoms with Crippen molar-refractivity contribution in [3.63, 3.8) is 0 Å². The Morgan fingerprint density at radius 3 is 2.75 bits per heavy atom. The summed E-state index contributed by atoms with van der Waals surface area (Å²) in [7, 11) is 0. The van der Waals surface area contributed by atoms with Crippen LogP contribution < -0.4 is 4.72 Å². The van der Waals surface area contributed by atoms with Crippen molar-refractivity contribution in [3.05, 3.63) is 0 Å². The van der Waals surface area contributed by atoms with Gasteiger partial charge in [-0.1, -0.05) is 32.8 Å². The third-order valence-electron chi connectivity index (χ3n) is 1.84. The Morgan fingerprint density at radius 2 is 2.25 bits per heavy atom. The van der Waals surface area contributed by atoms with Gasteiger partial charge in [0, 0.05) is 0 Å². The molecule has 0 aromatic carbocycles. The van der Waals surface area contributed by atoms with E-state index >= 15 is 0 Å². The number of halogens is 2. The van der Waals surface area contributed by atoms with Crippen molar-refractivity contribution < 1.29 is 4.79 Å². The van der Waals surface area contributed by atoms with E-state index in [0.717, 1.165) is 0 Å². The molecule has 0 unspecified atom stereocenters. The summed E-state index contributed by atoms with van der Waals surface area (Å²) in [5, 5.41) is 12.1. The van der Waals surface area contributed by atoms with E-state index in [-0.39, 0.29) is 5.91 Å². The molecule has 1 rings (SSSR count). The smallest absolute Gasteiger partial charge is 0.251 e. The largest absolute Gasteiger partial charge is 0.278 e. The van der Waals surface area contributed by atoms with Crippen LogP contribution in [0.3, 0.4) is 0 Å². The van der Waals surface area contributed by atoms with Crippen molar-refractivity contribution in [1.82, 2.24) is 4.72 Å². The number of hydrogen-bond acceptors (Lipinski definition) is 5. The van der Waals surface area contributed by atoms with E-state index < -0.39 is 10.3 Å². The fourth-order valence-corrected chi connectivity index (χ4v) is 1.29. The predicted molar refractivity (Wildman–Crippen MR) is 61.1 cm³/mol. The first-order valence-electron chi connectivity index (χ1n) is 4.17. The third-order valence-corrected chi connectivity index (χ3v) is 2.50. The lowest BCUT2D eigenvalue weighted by Crippen LogP contribution is -2.25. The van der Waals surface area contributed by atoms with Crippen LogP contribution in [0.4, 0.5) is 0 Å². The number of alkyl halides is 2. The summed E-state index contributed by atoms with van der Waals surface area (Å²) in [6.45, 7) is 0. The maximum Gasteiger partial charge on any atom is 0.251 e. The van der Waals surface area contributed by atoms with Crippen LogP contribution in [0.2, 0.25) is 0 Å². The van der Waals surface area contributed by atoms with Gasteiger partial charge in [0.05, 0.1) is 12.1 Å². The van der Waals surface area contributed by atoms with Gasteiger partial charge in [0.25, 0.3) is 5.91 Å². The fourth-order valence-electron chi connectivity index (χ4n) is 0.793. The number of nitrogens with one attached hydrogen (secondary N) is 1. The summed E-state index contributed by atoms with van der Waals surface area (Å²) >= 11 is 11.3. The van der Waals surface area contributed by atoms with Gasteiger partial charge in [-0.15, -0.1) is 0 Å². The lowest BCUT2D eigenvalue weighted by molar-refractivity contribution is -0.122. The minimum Gasteiger partial charge on any atom is -0.278 e. The number of amides is 1. The van der Waals surface area contributed by atoms with Crippen molar-refractivity contribution in [2.24, 2.45) is 15.0 Å². The second-order valence-corrected chi connectivity index (χ2v) is 4.60. The highest BCUT2D eigenvalue weighted by molar-refractivity contribution is 7.96. The number of hydrogen-bond donors (Lipinski definition) is 1. The van der Waals surface area contributed by atoms with Crippen molar-refractivity contribution >= 4 is 41.2 Å². The van der Waals surface area contributed by atoms with Crippen LogP contribution in [0.5, 0.6) is 0 Å². The van der Waals surface area contributed by atoms with Crippen LogP contribution in [-0.2, 0) is 4.79 Å². The zero-order valence-electron chi connectivity index (χ0n) is 7.91. The normalized spacial score (nSPS) is 16.4. The molecule has 0 heterocycles. The molecule has 0 atom stereocenters. The summed E-state index contributed by atoms with van der Waals surface area (Å²) < 4.78 is 5.85. The molecule has 1 fully saturated rings. The monoisotopic (exact) mass is 276 g/mol. The first kappa shape index (κ1) is 13.1. The molecule has 5 nitrogen and oxygen atoms in total. The first-order valence-corrected chi connectivity index (χ1v) is 5.82. The molecule has 84 valence electrons. The van der Waals surface area contributed by atoms with Crippen LogP contribution >= 0.6 is 35.3 Å². The minimum absolute atomic E-state index is 0.348. The summed E-state index contributed by atoms with van der Waals surface area (Å²) in [5.41, 5.74) is -0.856. The second-order valence-electron chi connectivity index (χ2n) is 2.95. The van der Waals surface area contributed by atoms with E-state index in [4.69, 9.17) is 28.5 Å². The van der Waals surface area contributed by atoms with Crippen LogP contribution in [0.25, 0.3) is 0 Å². The van der Waals surface area contributed by atoms with Crippen LogP contribution in [0.15, 0.2) is 9.63 Å². The Bertz CT molecular complexity index is 402. The van der Waals surface area contributed by atoms with Gasteiger partial charge in [0.15, 0.2) is 4.84 Å². The maximum absolute atomic E-state index is 11.4. The molecule has 8 heteroatoms. The molecule has 16 heavy (non-hydrogen) atoms. The number of carbonyl (C=O) groups is 1. The van der Waals surface area contributed by atoms with Crippen molar-refractivity contribution in [2.45, 2.75) is 17.7 Å². The molecule has 0 aromatic rings. The Labute approximate surface area is 107 Å². The van der Waals surface area contributed by atoms with Gasteiger partial charge in [-0.2, -0.15) is 5.26 Å². The molecule has 0 bridgehead atoms. The van der Waals surface area contributed by atoms with Gasteiger partial charge in [0.1, 0.15) is 17.5 Å². The van der Waals surface area contributed by atoms with Gasteiger partial charge < -0.3 is 0 Å². The Hall–Kier alpha value is -0.950. The fraction of sp³-hybridized carbons (Fsp3) is 0.500. The molecule has 1 amide bonds. The lowest BCUT2D eigenvalue weighted by atomic mass is 10.1. The zero-order valence-corrected chi connectivity index (χ0v) is 10.2. The summed E-state index contributed by atoms with van der Waals surface area (Å²) in [5.74, 6) is 1.98. The molecule has 1 saturated carbocycles. The molecule has 0 aliphatic heterocycles. The summed E-state index contributed by atoms with van der Waals surface area (Å²) in [4.78, 5) is 10.6. The van der Waals surface area contributed by atoms with E-state index in [2.05, 4.69) is 26.3 Å². The van der Waals surface area contributed by atoms with E-state index in [1.807, 2.05) is 6.07 Å². The number of rotatable bonds is 3. The zero-order chi connectivity index (χ0) is 12.0. The van der Waals surface area contributed by atoms with Gasteiger partial charge in [-0.05, 0) is 18.8 Å². The van der Waals surface area contributed by atoms with Crippen molar-refractivity contribution in [1.29, 1.82) is 5.26 Å². The van der Waals surface area contributed by atoms with Gasteiger partial charge in [-0.25, -0.2) is 0 Å². The average Bonchev–Trinajstić information content (AvgIpc) is 3.03. The first-order chi connectivity index (χ1) is 7.60. The molecule has 0 saturated heterocycles. The Kier molecular flexibility index (Phi) is 4.88. The number of nitrogens with zero attached hydrogens (tertiary/aromatic N) is 3. The molecule has 1 N–H and O–H groups in total. The molecule has 0 radical (unpaired) electrons. The van der Waals surface area contributed by atoms with E-state index in [9.17, 15) is 4.79 Å². The molecule has 0 spiro atoms. The Morgan fingerprint density at radius 1 is 1.56 bits per heavy atom. The maximum atomic E-state index is 11.4. The van der Waals surface area contributed by atoms with E-state index in [0.29, 0.717) is 25.0 Å². The standard InChI is InChI=1S/C8H6Cl2N4OS/c9-6(10)1-4-12-14-16-13-7(15)8(5-11)2-3-8/h6H,2-3H2,(H,13,15). The highest BCUT2D eigenvalue weighted by atomic mass is 35.5. The third kappa shape index (κ3) is 3.90. The lowest BCUT2D eigenvalue weighted by Gasteiger charge is -2.01. The van der Waals surface area contributed by atoms with Gasteiger partial charge in [-0.3, -0.25) is 9.52 Å². The van der Waals surface area contributed by atoms with E-state index in [1.54, 1.807) is 0 Å². The highest BCUT2D eigenvalue weighted by Crippen LogP contribution is 2.45. The quantitative estimate of drug-likeness (QED) is 0.371. The summed E-state index contributed by atoms with van der Waals surface area (Å²) in [6, 6.07) is 4.19. The summed E-state index contributed by atoms with van der Waals surface area (Å²) in [6.07, 6.45) is 1.18. The number of carbonyl (C=O) groups excluding carboxylic acids is 1. The predicted octanol–water partition coefficient (Wildman–Crippen LogP) is 2.19. The second kappa shape index (κ2) is 5.95. The van der Waals surface area contributed by atoms with Crippen LogP contribution in [0, 0.1) is 28.7 Å². The van der Waals surface area contributed by atoms with E-state index in [1.165, 1.54) is 0 Å². The van der Waals surface area contributed by atoms with Crippen LogP contribution in [0.1, 0.15) is 12.8 Å². The molecule has 0 aromatic heterocycles. The minimum atomic E-state index is -0.856. The molecule has 1 aliphatic rings. The molecule has 1 aliphatic carbocycles. The topological polar surface area (TPSA) is 77.6 Å². The molecular weight excluding hydrogens is 271 g/mol. The molecular formula is C8H6Cl2N4OS. The van der Waals surface area contributed by atoms with Crippen LogP contribution in [-0.4, -0.2) is 10.7 Å². The van der Waals surface area contributed by atoms with Crippen molar-refractivity contribution in [3.8, 4) is 18.0 Å². The Balaban J connectivity index is 2.25. The number of nitriles is 1. The van der Waals surface area contributed by atoms with Gasteiger partial charge in [0.2, 0.25) is 0 Å². The highest BCUT2D eigenvalue weighted by Gasteiger charge is 2.50. The average molecular weight is 277 g/mol. The van der Waals surface area contributed by atoms with Crippen molar-refractivity contribution in [2.75, 3.05) is 0 Å². The SMILES string of the molecule is N#CC1(C(=O)NSN=NC#CC(Cl)Cl)CC1.